The second kappa shape index (κ2) is 4.54. The zero-order valence-corrected chi connectivity index (χ0v) is 11.3. The van der Waals surface area contributed by atoms with Gasteiger partial charge in [0.05, 0.1) is 21.2 Å². The van der Waals surface area contributed by atoms with Crippen molar-refractivity contribution in [2.45, 2.75) is 0 Å². The van der Waals surface area contributed by atoms with Gasteiger partial charge in [-0.25, -0.2) is 15.0 Å². The quantitative estimate of drug-likeness (QED) is 0.602. The fourth-order valence-electron chi connectivity index (χ4n) is 2.17. The zero-order valence-electron chi connectivity index (χ0n) is 10.4. The number of nitrogens with one attached hydrogen (secondary N) is 1. The van der Waals surface area contributed by atoms with E-state index in [-0.39, 0.29) is 0 Å². The third-order valence-electron chi connectivity index (χ3n) is 3.14. The molecule has 0 atom stereocenters. The van der Waals surface area contributed by atoms with Crippen molar-refractivity contribution in [1.82, 2.24) is 15.0 Å². The summed E-state index contributed by atoms with van der Waals surface area (Å²) in [7, 11) is 0. The Kier molecular flexibility index (Phi) is 2.57. The molecule has 0 amide bonds. The molecule has 0 aliphatic rings. The van der Waals surface area contributed by atoms with Gasteiger partial charge in [0.15, 0.2) is 0 Å². The smallest absolute Gasteiger partial charge is 0.141 e. The van der Waals surface area contributed by atoms with Crippen LogP contribution in [0.5, 0.6) is 0 Å². The van der Waals surface area contributed by atoms with Crippen LogP contribution in [0.25, 0.3) is 21.1 Å². The molecular formula is C15H10N4S. The maximum Gasteiger partial charge on any atom is 0.141 e. The van der Waals surface area contributed by atoms with E-state index >= 15 is 0 Å². The van der Waals surface area contributed by atoms with Gasteiger partial charge < -0.3 is 5.32 Å². The lowest BCUT2D eigenvalue weighted by molar-refractivity contribution is 1.22. The van der Waals surface area contributed by atoms with Crippen molar-refractivity contribution < 1.29 is 0 Å². The fourth-order valence-corrected chi connectivity index (χ4v) is 2.89. The highest BCUT2D eigenvalue weighted by molar-refractivity contribution is 7.16. The normalized spacial score (nSPS) is 11.0. The monoisotopic (exact) mass is 278 g/mol. The lowest BCUT2D eigenvalue weighted by Crippen LogP contribution is -1.95. The van der Waals surface area contributed by atoms with Crippen LogP contribution in [0.1, 0.15) is 0 Å². The van der Waals surface area contributed by atoms with Crippen LogP contribution in [-0.4, -0.2) is 15.0 Å². The van der Waals surface area contributed by atoms with E-state index in [4.69, 9.17) is 0 Å². The number of aromatic nitrogens is 3. The van der Waals surface area contributed by atoms with Crippen LogP contribution >= 0.6 is 11.3 Å². The van der Waals surface area contributed by atoms with E-state index in [0.717, 1.165) is 32.6 Å². The summed E-state index contributed by atoms with van der Waals surface area (Å²) in [6.45, 7) is 0. The van der Waals surface area contributed by atoms with Crippen LogP contribution in [0.2, 0.25) is 0 Å². The Labute approximate surface area is 119 Å². The minimum absolute atomic E-state index is 0.819. The van der Waals surface area contributed by atoms with Crippen LogP contribution in [0, 0.1) is 0 Å². The van der Waals surface area contributed by atoms with Crippen molar-refractivity contribution in [1.29, 1.82) is 0 Å². The summed E-state index contributed by atoms with van der Waals surface area (Å²) in [5, 5.41) is 4.37. The van der Waals surface area contributed by atoms with Crippen molar-refractivity contribution in [3.05, 3.63) is 54.3 Å². The molecule has 4 aromatic rings. The number of fused-ring (bicyclic) bond motifs is 2. The van der Waals surface area contributed by atoms with E-state index in [9.17, 15) is 0 Å². The molecule has 0 bridgehead atoms. The van der Waals surface area contributed by atoms with E-state index in [2.05, 4.69) is 26.3 Å². The molecule has 20 heavy (non-hydrogen) atoms. The first-order valence-corrected chi connectivity index (χ1v) is 7.08. The third-order valence-corrected chi connectivity index (χ3v) is 3.93. The molecule has 4 rings (SSSR count). The van der Waals surface area contributed by atoms with Gasteiger partial charge in [0.25, 0.3) is 0 Å². The van der Waals surface area contributed by atoms with E-state index < -0.39 is 0 Å². The minimum Gasteiger partial charge on any atom is -0.340 e. The number of rotatable bonds is 2. The molecule has 4 nitrogen and oxygen atoms in total. The first-order valence-electron chi connectivity index (χ1n) is 6.20. The Balaban J connectivity index is 1.80. The molecule has 5 heteroatoms. The highest BCUT2D eigenvalue weighted by Gasteiger charge is 2.04. The van der Waals surface area contributed by atoms with Crippen LogP contribution in [0.4, 0.5) is 11.5 Å². The molecule has 0 saturated heterocycles. The van der Waals surface area contributed by atoms with E-state index in [1.807, 2.05) is 41.9 Å². The second-order valence-electron chi connectivity index (χ2n) is 4.40. The number of benzene rings is 2. The van der Waals surface area contributed by atoms with Gasteiger partial charge in [-0.2, -0.15) is 0 Å². The predicted molar refractivity (Wildman–Crippen MR) is 82.4 cm³/mol. The first-order chi connectivity index (χ1) is 9.90. The zero-order chi connectivity index (χ0) is 13.4. The van der Waals surface area contributed by atoms with Gasteiger partial charge in [0.1, 0.15) is 12.1 Å². The average molecular weight is 278 g/mol. The molecule has 2 aromatic carbocycles. The first kappa shape index (κ1) is 11.3. The van der Waals surface area contributed by atoms with Gasteiger partial charge in [-0.05, 0) is 30.3 Å². The summed E-state index contributed by atoms with van der Waals surface area (Å²) >= 11 is 1.63. The Hall–Kier alpha value is -2.53. The Bertz CT molecular complexity index is 895. The molecule has 0 radical (unpaired) electrons. The minimum atomic E-state index is 0.819. The molecule has 2 aromatic heterocycles. The van der Waals surface area contributed by atoms with Gasteiger partial charge in [0, 0.05) is 11.1 Å². The molecule has 0 saturated carbocycles. The number of thiazole rings is 1. The van der Waals surface area contributed by atoms with Gasteiger partial charge in [-0.1, -0.05) is 12.1 Å². The number of nitrogens with zero attached hydrogens (tertiary/aromatic N) is 3. The van der Waals surface area contributed by atoms with E-state index in [0.29, 0.717) is 0 Å². The van der Waals surface area contributed by atoms with Gasteiger partial charge in [-0.15, -0.1) is 11.3 Å². The van der Waals surface area contributed by atoms with Crippen molar-refractivity contribution in [2.24, 2.45) is 0 Å². The standard InChI is InChI=1S/C15H10N4S/c1-2-4-12-11(3-1)15(17-8-16-12)19-10-5-6-13-14(7-10)20-9-18-13/h1-9H,(H,16,17,19). The molecule has 96 valence electrons. The number of para-hydroxylation sites is 1. The highest BCUT2D eigenvalue weighted by atomic mass is 32.1. The molecule has 2 heterocycles. The maximum absolute atomic E-state index is 4.34. The third kappa shape index (κ3) is 1.88. The molecule has 0 aliphatic heterocycles. The van der Waals surface area contributed by atoms with Crippen molar-refractivity contribution in [3.8, 4) is 0 Å². The summed E-state index contributed by atoms with van der Waals surface area (Å²) in [6, 6.07) is 14.1. The Morgan fingerprint density at radius 2 is 1.85 bits per heavy atom. The summed E-state index contributed by atoms with van der Waals surface area (Å²) < 4.78 is 1.16. The molecule has 0 unspecified atom stereocenters. The molecule has 1 N–H and O–H groups in total. The number of hydrogen-bond acceptors (Lipinski definition) is 5. The van der Waals surface area contributed by atoms with Crippen LogP contribution in [0.15, 0.2) is 54.3 Å². The Morgan fingerprint density at radius 1 is 0.900 bits per heavy atom. The van der Waals surface area contributed by atoms with E-state index in [1.165, 1.54) is 0 Å². The summed E-state index contributed by atoms with van der Waals surface area (Å²) in [5.74, 6) is 0.819. The maximum atomic E-state index is 4.34. The van der Waals surface area contributed by atoms with Crippen molar-refractivity contribution in [3.63, 3.8) is 0 Å². The predicted octanol–water partition coefficient (Wildman–Crippen LogP) is 3.98. The topological polar surface area (TPSA) is 50.7 Å². The number of hydrogen-bond donors (Lipinski definition) is 1. The van der Waals surface area contributed by atoms with Crippen LogP contribution in [0.3, 0.4) is 0 Å². The van der Waals surface area contributed by atoms with Crippen molar-refractivity contribution >= 4 is 44.0 Å². The van der Waals surface area contributed by atoms with Crippen LogP contribution < -0.4 is 5.32 Å². The molecular weight excluding hydrogens is 268 g/mol. The van der Waals surface area contributed by atoms with Crippen molar-refractivity contribution in [2.75, 3.05) is 5.32 Å². The highest BCUT2D eigenvalue weighted by Crippen LogP contribution is 2.26. The SMILES string of the molecule is c1ccc2c(Nc3ccc4ncsc4c3)ncnc2c1. The second-order valence-corrected chi connectivity index (χ2v) is 5.29. The lowest BCUT2D eigenvalue weighted by atomic mass is 10.2. The molecule has 0 aliphatic carbocycles. The summed E-state index contributed by atoms with van der Waals surface area (Å²) in [6.07, 6.45) is 1.58. The Morgan fingerprint density at radius 3 is 2.85 bits per heavy atom. The largest absolute Gasteiger partial charge is 0.340 e. The summed E-state index contributed by atoms with van der Waals surface area (Å²) in [5.41, 5.74) is 4.82. The summed E-state index contributed by atoms with van der Waals surface area (Å²) in [4.78, 5) is 12.9. The van der Waals surface area contributed by atoms with Gasteiger partial charge in [-0.3, -0.25) is 0 Å². The fraction of sp³-hybridized carbons (Fsp3) is 0. The number of anilines is 2. The van der Waals surface area contributed by atoms with Gasteiger partial charge in [0.2, 0.25) is 0 Å². The van der Waals surface area contributed by atoms with E-state index in [1.54, 1.807) is 17.7 Å². The molecule has 0 fully saturated rings. The average Bonchev–Trinajstić information content (AvgIpc) is 2.95. The lowest BCUT2D eigenvalue weighted by Gasteiger charge is -2.08. The van der Waals surface area contributed by atoms with Crippen LogP contribution in [-0.2, 0) is 0 Å². The van der Waals surface area contributed by atoms with Gasteiger partial charge >= 0.3 is 0 Å². The molecule has 0 spiro atoms.